The van der Waals surface area contributed by atoms with Gasteiger partial charge in [-0.25, -0.2) is 0 Å². The van der Waals surface area contributed by atoms with E-state index in [4.69, 9.17) is 13.7 Å². The van der Waals surface area contributed by atoms with E-state index < -0.39 is 48.0 Å². The van der Waals surface area contributed by atoms with Crippen LogP contribution in [0, 0.1) is 6.92 Å². The minimum Gasteiger partial charge on any atom is -0.311 e. The second-order valence-electron chi connectivity index (χ2n) is 20.0. The summed E-state index contributed by atoms with van der Waals surface area (Å²) in [4.78, 5) is 12.7. The van der Waals surface area contributed by atoms with Crippen molar-refractivity contribution in [2.24, 2.45) is 0 Å². The fraction of sp³-hybridized carbons (Fsp3) is 0.0256. The molecule has 85 heavy (non-hydrogen) atoms. The van der Waals surface area contributed by atoms with Crippen molar-refractivity contribution in [3.63, 3.8) is 0 Å². The molecule has 2 heterocycles. The van der Waals surface area contributed by atoms with Crippen molar-refractivity contribution in [3.8, 4) is 89.3 Å². The Labute approximate surface area is 513 Å². The predicted octanol–water partition coefficient (Wildman–Crippen LogP) is 22.1. The fourth-order valence-electron chi connectivity index (χ4n) is 10.3. The zero-order chi connectivity index (χ0) is 69.9. The van der Waals surface area contributed by atoms with Crippen molar-refractivity contribution in [2.75, 3.05) is 9.80 Å². The first-order chi connectivity index (χ1) is 47.4. The van der Waals surface area contributed by atoms with Crippen LogP contribution in [-0.4, -0.2) is 9.97 Å². The molecule has 13 aromatic rings. The maximum Gasteiger partial charge on any atom is 0.416 e. The zero-order valence-corrected chi connectivity index (χ0v) is 45.4. The summed E-state index contributed by atoms with van der Waals surface area (Å²) in [7, 11) is 0. The molecule has 7 heteroatoms. The third kappa shape index (κ3) is 11.8. The Bertz CT molecular complexity index is 5180. The average molecular weight is 1120 g/mol. The van der Waals surface area contributed by atoms with Crippen LogP contribution in [0.2, 0.25) is 0 Å². The van der Waals surface area contributed by atoms with Crippen molar-refractivity contribution < 1.29 is 32.4 Å². The quantitative estimate of drug-likeness (QED) is 0.109. The Hall–Kier alpha value is -10.9. The largest absolute Gasteiger partial charge is 0.416 e. The van der Waals surface area contributed by atoms with Crippen molar-refractivity contribution in [1.29, 1.82) is 0 Å². The highest BCUT2D eigenvalue weighted by Crippen LogP contribution is 2.42. The molecule has 2 aromatic heterocycles. The van der Waals surface area contributed by atoms with Crippen LogP contribution in [0.4, 0.5) is 47.3 Å². The van der Waals surface area contributed by atoms with Gasteiger partial charge in [-0.05, 0) is 207 Å². The molecule has 0 unspecified atom stereocenters. The zero-order valence-electron chi connectivity index (χ0n) is 59.4. The summed E-state index contributed by atoms with van der Waals surface area (Å²) in [6.45, 7) is 2.03. The van der Waals surface area contributed by atoms with E-state index in [0.29, 0.717) is 61.9 Å². The van der Waals surface area contributed by atoms with Gasteiger partial charge >= 0.3 is 6.18 Å². The van der Waals surface area contributed by atoms with E-state index in [-0.39, 0.29) is 81.7 Å². The molecule has 408 valence electrons. The minimum absolute atomic E-state index is 0.000215. The fourth-order valence-corrected chi connectivity index (χ4v) is 10.3. The molecule has 0 bridgehead atoms. The molecule has 0 radical (unpaired) electrons. The number of rotatable bonds is 14. The van der Waals surface area contributed by atoms with Gasteiger partial charge in [-0.15, -0.1) is 0 Å². The lowest BCUT2D eigenvalue weighted by molar-refractivity contribution is -0.137. The second-order valence-corrected chi connectivity index (χ2v) is 20.0. The highest BCUT2D eigenvalue weighted by molar-refractivity contribution is 5.85. The third-order valence-electron chi connectivity index (χ3n) is 14.5. The smallest absolute Gasteiger partial charge is 0.311 e. The summed E-state index contributed by atoms with van der Waals surface area (Å²) >= 11 is 0. The minimum atomic E-state index is -4.66. The molecule has 0 aliphatic carbocycles. The molecule has 0 spiro atoms. The van der Waals surface area contributed by atoms with Gasteiger partial charge in [-0.2, -0.15) is 13.2 Å². The third-order valence-corrected chi connectivity index (χ3v) is 14.5. The van der Waals surface area contributed by atoms with Gasteiger partial charge in [-0.3, -0.25) is 9.97 Å². The lowest BCUT2D eigenvalue weighted by Crippen LogP contribution is -2.10. The van der Waals surface area contributed by atoms with Gasteiger partial charge in [0.1, 0.15) is 0 Å². The van der Waals surface area contributed by atoms with Gasteiger partial charge in [0.2, 0.25) is 0 Å². The lowest BCUT2D eigenvalue weighted by Gasteiger charge is -2.26. The van der Waals surface area contributed by atoms with Crippen LogP contribution in [0.5, 0.6) is 0 Å². The number of anilines is 6. The Morgan fingerprint density at radius 1 is 0.294 bits per heavy atom. The number of nitrogens with zero attached hydrogens (tertiary/aromatic N) is 4. The van der Waals surface area contributed by atoms with E-state index in [2.05, 4.69) is 28.2 Å². The van der Waals surface area contributed by atoms with E-state index >= 15 is 0 Å². The van der Waals surface area contributed by atoms with Gasteiger partial charge in [0.15, 0.2) is 0 Å². The van der Waals surface area contributed by atoms with Gasteiger partial charge < -0.3 is 9.80 Å². The van der Waals surface area contributed by atoms with Gasteiger partial charge in [0, 0.05) is 57.6 Å². The van der Waals surface area contributed by atoms with Gasteiger partial charge in [0.25, 0.3) is 0 Å². The molecule has 13 rings (SSSR count). The molecule has 0 fully saturated rings. The van der Waals surface area contributed by atoms with Crippen LogP contribution in [-0.2, 0) is 6.18 Å². The molecule has 0 atom stereocenters. The van der Waals surface area contributed by atoms with E-state index in [1.165, 1.54) is 6.20 Å². The molecule has 0 saturated carbocycles. The summed E-state index contributed by atoms with van der Waals surface area (Å²) in [5.74, 6) is 0. The number of benzene rings is 11. The van der Waals surface area contributed by atoms with Crippen LogP contribution in [0.1, 0.15) is 30.3 Å². The summed E-state index contributed by atoms with van der Waals surface area (Å²) in [5.41, 5.74) is 10.6. The Morgan fingerprint density at radius 2 is 0.576 bits per heavy atom. The van der Waals surface area contributed by atoms with E-state index in [9.17, 15) is 18.7 Å². The van der Waals surface area contributed by atoms with Gasteiger partial charge in [-0.1, -0.05) is 176 Å². The molecular formula is C78H55F3N4. The highest BCUT2D eigenvalue weighted by Gasteiger charge is 2.32. The maximum absolute atomic E-state index is 14.4. The molecular weight excluding hydrogens is 1050 g/mol. The molecule has 0 amide bonds. The molecule has 11 aromatic carbocycles. The first-order valence-corrected chi connectivity index (χ1v) is 27.1. The normalized spacial score (nSPS) is 13.6. The lowest BCUT2D eigenvalue weighted by atomic mass is 9.97. The second kappa shape index (κ2) is 23.5. The van der Waals surface area contributed by atoms with Crippen LogP contribution >= 0.6 is 0 Å². The maximum atomic E-state index is 14.4. The number of hydrogen-bond donors (Lipinski definition) is 0. The summed E-state index contributed by atoms with van der Waals surface area (Å²) in [6.07, 6.45) is -1.40. The van der Waals surface area contributed by atoms with Crippen LogP contribution in [0.25, 0.3) is 89.3 Å². The number of pyridine rings is 2. The van der Waals surface area contributed by atoms with Crippen molar-refractivity contribution in [2.45, 2.75) is 13.1 Å². The summed E-state index contributed by atoms with van der Waals surface area (Å²) in [5, 5.41) is 0. The number of alkyl halides is 3. The number of aryl methyl sites for hydroxylation is 1. The van der Waals surface area contributed by atoms with Crippen molar-refractivity contribution >= 4 is 34.1 Å². The average Bonchev–Trinajstić information content (AvgIpc) is 0.768. The topological polar surface area (TPSA) is 32.3 Å². The Morgan fingerprint density at radius 3 is 0.894 bits per heavy atom. The van der Waals surface area contributed by atoms with Crippen molar-refractivity contribution in [3.05, 3.63) is 327 Å². The number of hydrogen-bond acceptors (Lipinski definition) is 4. The highest BCUT2D eigenvalue weighted by atomic mass is 19.4. The monoisotopic (exact) mass is 1120 g/mol. The SMILES string of the molecule is [2H]c1c([2H])c([2H])c(-c2ccc(N(c3ccc(-c4cc(C)cc(-c5ccccn5)c4)cc3)c3ccc(-c4c([2H])c([2H])c(-c5ccc(N(c6ccc(-c7cc(-c8ccccn8)cc(C(F)(F)F)c7)cc6)c6ccc(-c7c([2H])c([2H])c([2H])c([2H])c7[2H])cc6)cc5)c([2H])c4[2H])cc3)cc2)c([2H])c1[2H]. The summed E-state index contributed by atoms with van der Waals surface area (Å²) in [6, 6.07) is 57.5. The van der Waals surface area contributed by atoms with E-state index in [0.717, 1.165) is 45.8 Å². The van der Waals surface area contributed by atoms with Gasteiger partial charge in [0.05, 0.1) is 36.1 Å². The van der Waals surface area contributed by atoms with E-state index in [1.807, 2.05) is 59.2 Å². The van der Waals surface area contributed by atoms with Crippen LogP contribution in [0.15, 0.2) is 315 Å². The first kappa shape index (κ1) is 39.5. The molecule has 0 saturated heterocycles. The van der Waals surface area contributed by atoms with E-state index in [1.54, 1.807) is 152 Å². The molecule has 0 N–H and O–H groups in total. The molecule has 4 nitrogen and oxygen atoms in total. The Balaban J connectivity index is 0.845. The predicted molar refractivity (Wildman–Crippen MR) is 345 cm³/mol. The number of aromatic nitrogens is 2. The standard InChI is InChI=1S/C78H55F3N4/c1-54-48-65(50-67(49-54)76-16-8-10-46-82-76)63-30-42-74(43-31-63)84(70-34-22-59(23-35-70)55-12-4-2-5-13-55)72-38-26-61(27-39-72)57-18-20-58(21-19-57)62-28-40-73(41-29-62)85(71-36-24-60(25-37-71)56-14-6-3-7-15-56)75-44-32-64(33-45-75)66-51-68(77-17-9-11-47-83-77)53-69(52-66)78(79,80)81/h2-53H,1H3/i2D,3D,4D,5D,6D,7D,12D,13D,14D,15D,18D,19D,20D,21D. The number of halogens is 3. The molecule has 0 aliphatic heterocycles. The summed E-state index contributed by atoms with van der Waals surface area (Å²) < 4.78 is 165. The van der Waals surface area contributed by atoms with Crippen LogP contribution < -0.4 is 9.80 Å². The van der Waals surface area contributed by atoms with Crippen LogP contribution in [0.3, 0.4) is 0 Å². The molecule has 0 aliphatic rings. The first-order valence-electron chi connectivity index (χ1n) is 34.1. The van der Waals surface area contributed by atoms with Crippen molar-refractivity contribution in [1.82, 2.24) is 9.97 Å². The Kier molecular flexibility index (Phi) is 10.9.